The van der Waals surface area contributed by atoms with Gasteiger partial charge in [-0.25, -0.2) is 0 Å². The molecule has 0 aromatic heterocycles. The van der Waals surface area contributed by atoms with Crippen molar-refractivity contribution in [3.8, 4) is 0 Å². The zero-order chi connectivity index (χ0) is 22.2. The molecule has 0 aromatic carbocycles. The molecular weight excluding hydrogens is 372 g/mol. The molecule has 0 aliphatic carbocycles. The maximum absolute atomic E-state index is 12.7. The molecule has 0 rings (SSSR count). The molecule has 29 heavy (non-hydrogen) atoms. The summed E-state index contributed by atoms with van der Waals surface area (Å²) in [6.07, 6.45) is 6.61. The number of carbonyl (C=O) groups excluding carboxylic acids is 3. The number of amides is 2. The minimum atomic E-state index is -0.575. The number of hydrogen-bond acceptors (Lipinski definition) is 5. The second kappa shape index (κ2) is 15.7. The first kappa shape index (κ1) is 26.9. The Hall–Kier alpha value is -2.15. The van der Waals surface area contributed by atoms with Crippen molar-refractivity contribution in [2.75, 3.05) is 13.2 Å². The van der Waals surface area contributed by atoms with Crippen LogP contribution in [0.2, 0.25) is 0 Å². The van der Waals surface area contributed by atoms with Crippen molar-refractivity contribution in [3.05, 3.63) is 25.3 Å². The van der Waals surface area contributed by atoms with E-state index in [1.165, 1.54) is 0 Å². The summed E-state index contributed by atoms with van der Waals surface area (Å²) >= 11 is 0. The number of unbranched alkanes of at least 4 members (excludes halogenated alkanes) is 2. The first-order chi connectivity index (χ1) is 13.7. The minimum Gasteiger partial charge on any atom is -0.463 e. The van der Waals surface area contributed by atoms with E-state index in [9.17, 15) is 14.4 Å². The Kier molecular flexibility index (Phi) is 14.6. The predicted molar refractivity (Wildman–Crippen MR) is 114 cm³/mol. The van der Waals surface area contributed by atoms with Gasteiger partial charge in [0.15, 0.2) is 0 Å². The Morgan fingerprint density at radius 2 is 1.76 bits per heavy atom. The summed E-state index contributed by atoms with van der Waals surface area (Å²) in [5.41, 5.74) is 0. The summed E-state index contributed by atoms with van der Waals surface area (Å²) in [4.78, 5) is 36.6. The molecule has 3 N–H and O–H groups in total. The molecule has 3 atom stereocenters. The average Bonchev–Trinajstić information content (AvgIpc) is 2.67. The number of aliphatic hydroxyl groups excluding tert-OH is 1. The SMILES string of the molecule is C=CCCCCC(=O)OC[C@@H](NC(=O)[C@H](CC=C)CC(=O)N[C@H](C)CO)C(C)C. The van der Waals surface area contributed by atoms with Gasteiger partial charge >= 0.3 is 5.97 Å². The van der Waals surface area contributed by atoms with Crippen LogP contribution in [-0.4, -0.2) is 48.2 Å². The number of ether oxygens (including phenoxy) is 1. The monoisotopic (exact) mass is 410 g/mol. The standard InChI is InChI=1S/C22H38N2O5/c1-6-8-9-10-12-21(27)29-15-19(16(3)4)24-22(28)18(11-7-2)13-20(26)23-17(5)14-25/h6-7,16-19,25H,1-2,8-15H2,3-5H3,(H,23,26)(H,24,28)/t17-,18-,19-/m1/s1. The molecule has 166 valence electrons. The highest BCUT2D eigenvalue weighted by atomic mass is 16.5. The summed E-state index contributed by atoms with van der Waals surface area (Å²) in [6.45, 7) is 12.8. The van der Waals surface area contributed by atoms with Crippen LogP contribution in [0.3, 0.4) is 0 Å². The van der Waals surface area contributed by atoms with E-state index in [2.05, 4.69) is 23.8 Å². The molecule has 7 heteroatoms. The van der Waals surface area contributed by atoms with Crippen LogP contribution in [0.4, 0.5) is 0 Å². The molecule has 0 aliphatic rings. The van der Waals surface area contributed by atoms with Gasteiger partial charge in [0.2, 0.25) is 11.8 Å². The molecule has 0 unspecified atom stereocenters. The normalized spacial score (nSPS) is 13.8. The smallest absolute Gasteiger partial charge is 0.305 e. The molecule has 0 aromatic rings. The van der Waals surface area contributed by atoms with E-state index in [0.29, 0.717) is 12.8 Å². The van der Waals surface area contributed by atoms with E-state index >= 15 is 0 Å². The number of allylic oxidation sites excluding steroid dienone is 2. The molecule has 0 heterocycles. The Bertz CT molecular complexity index is 533. The molecule has 0 fully saturated rings. The second-order valence-corrected chi connectivity index (χ2v) is 7.65. The van der Waals surface area contributed by atoms with E-state index < -0.39 is 5.92 Å². The summed E-state index contributed by atoms with van der Waals surface area (Å²) in [5.74, 6) is -1.39. The maximum atomic E-state index is 12.7. The van der Waals surface area contributed by atoms with Gasteiger partial charge < -0.3 is 20.5 Å². The highest BCUT2D eigenvalue weighted by Gasteiger charge is 2.25. The fourth-order valence-electron chi connectivity index (χ4n) is 2.60. The molecule has 7 nitrogen and oxygen atoms in total. The van der Waals surface area contributed by atoms with Crippen LogP contribution in [0.5, 0.6) is 0 Å². The van der Waals surface area contributed by atoms with Crippen molar-refractivity contribution >= 4 is 17.8 Å². The quantitative estimate of drug-likeness (QED) is 0.206. The molecule has 2 amide bonds. The van der Waals surface area contributed by atoms with E-state index in [1.54, 1.807) is 13.0 Å². The number of hydrogen-bond donors (Lipinski definition) is 3. The van der Waals surface area contributed by atoms with Gasteiger partial charge in [0.05, 0.1) is 18.6 Å². The summed E-state index contributed by atoms with van der Waals surface area (Å²) in [6, 6.07) is -0.712. The topological polar surface area (TPSA) is 105 Å². The van der Waals surface area contributed by atoms with Crippen molar-refractivity contribution in [1.29, 1.82) is 0 Å². The lowest BCUT2D eigenvalue weighted by Gasteiger charge is -2.25. The van der Waals surface area contributed by atoms with Crippen LogP contribution in [0.1, 0.15) is 59.3 Å². The fourth-order valence-corrected chi connectivity index (χ4v) is 2.60. The molecule has 0 saturated carbocycles. The average molecular weight is 411 g/mol. The maximum Gasteiger partial charge on any atom is 0.305 e. The Balaban J connectivity index is 4.68. The highest BCUT2D eigenvalue weighted by Crippen LogP contribution is 2.13. The number of rotatable bonds is 16. The molecular formula is C22H38N2O5. The van der Waals surface area contributed by atoms with Crippen LogP contribution in [0.25, 0.3) is 0 Å². The van der Waals surface area contributed by atoms with Gasteiger partial charge in [0.1, 0.15) is 6.61 Å². The molecule has 0 radical (unpaired) electrons. The van der Waals surface area contributed by atoms with Gasteiger partial charge in [0, 0.05) is 18.9 Å². The fraction of sp³-hybridized carbons (Fsp3) is 0.682. The Morgan fingerprint density at radius 1 is 1.07 bits per heavy atom. The first-order valence-electron chi connectivity index (χ1n) is 10.3. The predicted octanol–water partition coefficient (Wildman–Crippen LogP) is 2.50. The second-order valence-electron chi connectivity index (χ2n) is 7.65. The van der Waals surface area contributed by atoms with E-state index in [-0.39, 0.29) is 55.4 Å². The number of nitrogens with one attached hydrogen (secondary N) is 2. The van der Waals surface area contributed by atoms with Gasteiger partial charge in [-0.05, 0) is 38.5 Å². The van der Waals surface area contributed by atoms with E-state index in [1.807, 2.05) is 19.9 Å². The third kappa shape index (κ3) is 12.8. The zero-order valence-corrected chi connectivity index (χ0v) is 18.1. The molecule has 0 saturated heterocycles. The van der Waals surface area contributed by atoms with E-state index in [4.69, 9.17) is 9.84 Å². The van der Waals surface area contributed by atoms with Crippen molar-refractivity contribution in [3.63, 3.8) is 0 Å². The van der Waals surface area contributed by atoms with Crippen LogP contribution >= 0.6 is 0 Å². The van der Waals surface area contributed by atoms with Crippen LogP contribution in [0.15, 0.2) is 25.3 Å². The van der Waals surface area contributed by atoms with Crippen molar-refractivity contribution in [2.45, 2.75) is 71.4 Å². The Labute approximate surface area is 175 Å². The number of carbonyl (C=O) groups is 3. The van der Waals surface area contributed by atoms with Crippen LogP contribution in [-0.2, 0) is 19.1 Å². The molecule has 0 aliphatic heterocycles. The largest absolute Gasteiger partial charge is 0.463 e. The summed E-state index contributed by atoms with van der Waals surface area (Å²) < 4.78 is 5.33. The van der Waals surface area contributed by atoms with Crippen LogP contribution < -0.4 is 10.6 Å². The van der Waals surface area contributed by atoms with E-state index in [0.717, 1.165) is 19.3 Å². The highest BCUT2D eigenvalue weighted by molar-refractivity contribution is 5.86. The zero-order valence-electron chi connectivity index (χ0n) is 18.1. The van der Waals surface area contributed by atoms with Gasteiger partial charge in [0.25, 0.3) is 0 Å². The van der Waals surface area contributed by atoms with Gasteiger partial charge in [-0.3, -0.25) is 14.4 Å². The minimum absolute atomic E-state index is 0.00387. The lowest BCUT2D eigenvalue weighted by molar-refractivity contribution is -0.145. The summed E-state index contributed by atoms with van der Waals surface area (Å²) in [5, 5.41) is 14.6. The van der Waals surface area contributed by atoms with Gasteiger partial charge in [-0.2, -0.15) is 0 Å². The lowest BCUT2D eigenvalue weighted by atomic mass is 9.97. The third-order valence-corrected chi connectivity index (χ3v) is 4.53. The summed E-state index contributed by atoms with van der Waals surface area (Å²) in [7, 11) is 0. The van der Waals surface area contributed by atoms with Gasteiger partial charge in [-0.15, -0.1) is 13.2 Å². The first-order valence-corrected chi connectivity index (χ1v) is 10.3. The third-order valence-electron chi connectivity index (χ3n) is 4.53. The van der Waals surface area contributed by atoms with Crippen molar-refractivity contribution in [1.82, 2.24) is 10.6 Å². The van der Waals surface area contributed by atoms with Crippen molar-refractivity contribution < 1.29 is 24.2 Å². The lowest BCUT2D eigenvalue weighted by Crippen LogP contribution is -2.46. The van der Waals surface area contributed by atoms with Crippen LogP contribution in [0, 0.1) is 11.8 Å². The van der Waals surface area contributed by atoms with Gasteiger partial charge in [-0.1, -0.05) is 26.0 Å². The number of aliphatic hydroxyl groups is 1. The number of esters is 1. The molecule has 0 spiro atoms. The van der Waals surface area contributed by atoms with Crippen molar-refractivity contribution in [2.24, 2.45) is 11.8 Å². The molecule has 0 bridgehead atoms. The Morgan fingerprint density at radius 3 is 2.31 bits per heavy atom.